The fourth-order valence-corrected chi connectivity index (χ4v) is 3.95. The number of fused-ring (bicyclic) bond motifs is 1. The lowest BCUT2D eigenvalue weighted by Gasteiger charge is -2.17. The molecule has 3 aromatic rings. The van der Waals surface area contributed by atoms with Crippen LogP contribution in [0.25, 0.3) is 20.8 Å². The highest BCUT2D eigenvalue weighted by Gasteiger charge is 2.34. The lowest BCUT2D eigenvalue weighted by Crippen LogP contribution is -2.26. The van der Waals surface area contributed by atoms with Gasteiger partial charge in [0, 0.05) is 10.6 Å². The number of hydrogen-bond acceptors (Lipinski definition) is 6. The van der Waals surface area contributed by atoms with Crippen molar-refractivity contribution in [2.24, 2.45) is 0 Å². The Morgan fingerprint density at radius 2 is 1.74 bits per heavy atom. The van der Waals surface area contributed by atoms with Gasteiger partial charge in [0.15, 0.2) is 5.92 Å². The van der Waals surface area contributed by atoms with Gasteiger partial charge < -0.3 is 9.47 Å². The molecule has 0 saturated heterocycles. The molecule has 0 unspecified atom stereocenters. The van der Waals surface area contributed by atoms with Gasteiger partial charge in [-0.1, -0.05) is 29.8 Å². The molecule has 0 aliphatic heterocycles. The van der Waals surface area contributed by atoms with Crippen LogP contribution < -0.4 is 0 Å². The van der Waals surface area contributed by atoms with Gasteiger partial charge in [0.1, 0.15) is 5.01 Å². The van der Waals surface area contributed by atoms with Crippen molar-refractivity contribution in [3.05, 3.63) is 53.1 Å². The number of thiazole rings is 1. The van der Waals surface area contributed by atoms with Gasteiger partial charge in [-0.25, -0.2) is 4.98 Å². The number of halogens is 1. The molecule has 27 heavy (non-hydrogen) atoms. The molecule has 140 valence electrons. The van der Waals surface area contributed by atoms with Crippen LogP contribution in [0, 0.1) is 0 Å². The molecule has 0 aliphatic rings. The van der Waals surface area contributed by atoms with Crippen LogP contribution in [-0.2, 0) is 19.1 Å². The molecule has 0 bridgehead atoms. The Kier molecular flexibility index (Phi) is 6.08. The molecule has 0 atom stereocenters. The van der Waals surface area contributed by atoms with Crippen LogP contribution in [0.3, 0.4) is 0 Å². The molecule has 0 aliphatic carbocycles. The van der Waals surface area contributed by atoms with E-state index in [1.807, 2.05) is 24.3 Å². The summed E-state index contributed by atoms with van der Waals surface area (Å²) in [6, 6.07) is 12.8. The van der Waals surface area contributed by atoms with E-state index < -0.39 is 17.9 Å². The number of para-hydroxylation sites is 1. The summed E-state index contributed by atoms with van der Waals surface area (Å²) in [7, 11) is 0. The maximum Gasteiger partial charge on any atom is 0.324 e. The van der Waals surface area contributed by atoms with E-state index >= 15 is 0 Å². The highest BCUT2D eigenvalue weighted by Crippen LogP contribution is 2.37. The Morgan fingerprint density at radius 1 is 1.07 bits per heavy atom. The zero-order valence-corrected chi connectivity index (χ0v) is 16.5. The second kappa shape index (κ2) is 8.50. The monoisotopic (exact) mass is 403 g/mol. The fraction of sp³-hybridized carbons (Fsp3) is 0.250. The van der Waals surface area contributed by atoms with E-state index in [2.05, 4.69) is 4.98 Å². The van der Waals surface area contributed by atoms with E-state index in [1.165, 1.54) is 11.3 Å². The van der Waals surface area contributed by atoms with Gasteiger partial charge in [0.05, 0.1) is 23.4 Å². The third kappa shape index (κ3) is 4.12. The molecule has 7 heteroatoms. The van der Waals surface area contributed by atoms with E-state index in [9.17, 15) is 9.59 Å². The zero-order valence-electron chi connectivity index (χ0n) is 14.9. The molecule has 0 fully saturated rings. The number of rotatable bonds is 6. The van der Waals surface area contributed by atoms with Gasteiger partial charge in [0.25, 0.3) is 0 Å². The van der Waals surface area contributed by atoms with Gasteiger partial charge in [-0.3, -0.25) is 9.59 Å². The van der Waals surface area contributed by atoms with Crippen LogP contribution >= 0.6 is 22.9 Å². The lowest BCUT2D eigenvalue weighted by atomic mass is 9.94. The van der Waals surface area contributed by atoms with Gasteiger partial charge in [0.2, 0.25) is 0 Å². The lowest BCUT2D eigenvalue weighted by molar-refractivity contribution is -0.156. The summed E-state index contributed by atoms with van der Waals surface area (Å²) >= 11 is 7.65. The summed E-state index contributed by atoms with van der Waals surface area (Å²) in [4.78, 5) is 29.7. The SMILES string of the molecule is CCOC(=O)C(C(=O)OCC)c1cc(Cl)ccc1-c1nc2ccccc2s1. The van der Waals surface area contributed by atoms with Crippen LogP contribution in [0.4, 0.5) is 0 Å². The molecule has 2 aromatic carbocycles. The van der Waals surface area contributed by atoms with Gasteiger partial charge in [-0.2, -0.15) is 0 Å². The zero-order chi connectivity index (χ0) is 19.4. The molecule has 0 radical (unpaired) electrons. The van der Waals surface area contributed by atoms with Crippen molar-refractivity contribution >= 4 is 45.1 Å². The summed E-state index contributed by atoms with van der Waals surface area (Å²) < 4.78 is 11.2. The third-order valence-corrected chi connectivity index (χ3v) is 5.20. The number of benzene rings is 2. The summed E-state index contributed by atoms with van der Waals surface area (Å²) in [5.74, 6) is -2.55. The smallest absolute Gasteiger partial charge is 0.324 e. The van der Waals surface area contributed by atoms with E-state index in [4.69, 9.17) is 21.1 Å². The van der Waals surface area contributed by atoms with Gasteiger partial charge in [-0.15, -0.1) is 11.3 Å². The highest BCUT2D eigenvalue weighted by molar-refractivity contribution is 7.21. The molecule has 1 heterocycles. The van der Waals surface area contributed by atoms with E-state index in [-0.39, 0.29) is 13.2 Å². The molecule has 0 saturated carbocycles. The largest absolute Gasteiger partial charge is 0.465 e. The van der Waals surface area contributed by atoms with Crippen LogP contribution in [0.1, 0.15) is 25.3 Å². The third-order valence-electron chi connectivity index (χ3n) is 3.89. The summed E-state index contributed by atoms with van der Waals surface area (Å²) in [5, 5.41) is 1.11. The molecule has 0 amide bonds. The predicted molar refractivity (Wildman–Crippen MR) is 106 cm³/mol. The normalized spacial score (nSPS) is 11.0. The average Bonchev–Trinajstić information content (AvgIpc) is 3.06. The number of carbonyl (C=O) groups excluding carboxylic acids is 2. The Balaban J connectivity index is 2.15. The summed E-state index contributed by atoms with van der Waals surface area (Å²) in [5.41, 5.74) is 1.94. The van der Waals surface area contributed by atoms with Crippen molar-refractivity contribution in [3.8, 4) is 10.6 Å². The molecule has 1 aromatic heterocycles. The minimum Gasteiger partial charge on any atom is -0.465 e. The first-order valence-electron chi connectivity index (χ1n) is 8.53. The Morgan fingerprint density at radius 3 is 2.37 bits per heavy atom. The van der Waals surface area contributed by atoms with Crippen molar-refractivity contribution in [1.82, 2.24) is 4.98 Å². The van der Waals surface area contributed by atoms with Gasteiger partial charge >= 0.3 is 11.9 Å². The second-order valence-electron chi connectivity index (χ2n) is 5.66. The van der Waals surface area contributed by atoms with Crippen LogP contribution in [0.15, 0.2) is 42.5 Å². The van der Waals surface area contributed by atoms with Crippen LogP contribution in [0.2, 0.25) is 5.02 Å². The van der Waals surface area contributed by atoms with Crippen molar-refractivity contribution < 1.29 is 19.1 Å². The second-order valence-corrected chi connectivity index (χ2v) is 7.12. The maximum absolute atomic E-state index is 12.5. The first kappa shape index (κ1) is 19.3. The summed E-state index contributed by atoms with van der Waals surface area (Å²) in [6.45, 7) is 3.69. The topological polar surface area (TPSA) is 65.5 Å². The van der Waals surface area contributed by atoms with Crippen molar-refractivity contribution in [2.75, 3.05) is 13.2 Å². The summed E-state index contributed by atoms with van der Waals surface area (Å²) in [6.07, 6.45) is 0. The predicted octanol–water partition coefficient (Wildman–Crippen LogP) is 4.83. The molecule has 0 spiro atoms. The fourth-order valence-electron chi connectivity index (χ4n) is 2.76. The van der Waals surface area contributed by atoms with Crippen molar-refractivity contribution in [2.45, 2.75) is 19.8 Å². The number of aromatic nitrogens is 1. The number of nitrogens with zero attached hydrogens (tertiary/aromatic N) is 1. The van der Waals surface area contributed by atoms with E-state index in [1.54, 1.807) is 32.0 Å². The molecular weight excluding hydrogens is 386 g/mol. The van der Waals surface area contributed by atoms with Crippen molar-refractivity contribution in [3.63, 3.8) is 0 Å². The number of ether oxygens (including phenoxy) is 2. The highest BCUT2D eigenvalue weighted by atomic mass is 35.5. The molecule has 5 nitrogen and oxygen atoms in total. The average molecular weight is 404 g/mol. The van der Waals surface area contributed by atoms with Gasteiger partial charge in [-0.05, 0) is 43.7 Å². The quantitative estimate of drug-likeness (QED) is 0.435. The molecular formula is C20H18ClNO4S. The van der Waals surface area contributed by atoms with Crippen LogP contribution in [0.5, 0.6) is 0 Å². The molecule has 3 rings (SSSR count). The first-order valence-corrected chi connectivity index (χ1v) is 9.73. The van der Waals surface area contributed by atoms with E-state index in [0.717, 1.165) is 10.2 Å². The first-order chi connectivity index (χ1) is 13.0. The number of esters is 2. The minimum atomic E-state index is -1.22. The number of carbonyl (C=O) groups is 2. The Hall–Kier alpha value is -2.44. The molecule has 0 N–H and O–H groups in total. The van der Waals surface area contributed by atoms with E-state index in [0.29, 0.717) is 21.2 Å². The van der Waals surface area contributed by atoms with Crippen LogP contribution in [-0.4, -0.2) is 30.1 Å². The maximum atomic E-state index is 12.5. The van der Waals surface area contributed by atoms with Crippen molar-refractivity contribution in [1.29, 1.82) is 0 Å². The standard InChI is InChI=1S/C20H18ClNO4S/c1-3-25-19(23)17(20(24)26-4-2)14-11-12(21)9-10-13(14)18-22-15-7-5-6-8-16(15)27-18/h5-11,17H,3-4H2,1-2H3. The minimum absolute atomic E-state index is 0.159. The number of hydrogen-bond donors (Lipinski definition) is 0. The Labute approximate surface area is 165 Å². The Bertz CT molecular complexity index is 934.